The van der Waals surface area contributed by atoms with Crippen molar-refractivity contribution in [1.29, 1.82) is 0 Å². The van der Waals surface area contributed by atoms with Crippen LogP contribution in [0.2, 0.25) is 0 Å². The molecule has 0 N–H and O–H groups in total. The van der Waals surface area contributed by atoms with Crippen molar-refractivity contribution in [1.82, 2.24) is 0 Å². The third kappa shape index (κ3) is 38.6. The SMILES string of the molecule is CCOC(=O)CCOCCOCCOCCOCCOCCOCCOCCOCCOCCOCCOCCOCC(=O)OC. The minimum atomic E-state index is -0.411. The maximum absolute atomic E-state index is 11.1. The maximum atomic E-state index is 11.1. The molecule has 0 amide bonds. The van der Waals surface area contributed by atoms with E-state index in [9.17, 15) is 9.59 Å². The van der Waals surface area contributed by atoms with Gasteiger partial charge in [-0.15, -0.1) is 0 Å². The molecule has 0 atom stereocenters. The van der Waals surface area contributed by atoms with E-state index in [-0.39, 0.29) is 19.0 Å². The molecule has 0 rings (SSSR count). The fourth-order valence-corrected chi connectivity index (χ4v) is 3.02. The first-order valence-corrected chi connectivity index (χ1v) is 15.9. The fourth-order valence-electron chi connectivity index (χ4n) is 3.02. The van der Waals surface area contributed by atoms with Gasteiger partial charge in [0, 0.05) is 0 Å². The summed E-state index contributed by atoms with van der Waals surface area (Å²) in [6.45, 7) is 12.6. The van der Waals surface area contributed by atoms with Crippen molar-refractivity contribution in [2.75, 3.05) is 172 Å². The molecule has 0 aromatic rings. The van der Waals surface area contributed by atoms with E-state index in [0.717, 1.165) is 0 Å². The van der Waals surface area contributed by atoms with Crippen LogP contribution in [0, 0.1) is 0 Å². The van der Waals surface area contributed by atoms with Gasteiger partial charge in [-0.2, -0.15) is 0 Å². The lowest BCUT2D eigenvalue weighted by Gasteiger charge is -2.09. The zero-order chi connectivity index (χ0) is 33.4. The first-order valence-electron chi connectivity index (χ1n) is 15.9. The van der Waals surface area contributed by atoms with E-state index in [1.54, 1.807) is 6.92 Å². The summed E-state index contributed by atoms with van der Waals surface area (Å²) in [6.07, 6.45) is 0.252. The Balaban J connectivity index is 3.07. The number of ether oxygens (including phenoxy) is 14. The number of carbonyl (C=O) groups is 2. The molecule has 16 heteroatoms. The minimum absolute atomic E-state index is 0.0742. The number of rotatable bonds is 39. The molecule has 0 saturated carbocycles. The molecule has 46 heavy (non-hydrogen) atoms. The second kappa shape index (κ2) is 39.6. The summed E-state index contributed by atoms with van der Waals surface area (Å²) in [4.78, 5) is 22.0. The van der Waals surface area contributed by atoms with Gasteiger partial charge in [0.25, 0.3) is 0 Å². The van der Waals surface area contributed by atoms with Gasteiger partial charge in [-0.3, -0.25) is 4.79 Å². The minimum Gasteiger partial charge on any atom is -0.467 e. The summed E-state index contributed by atoms with van der Waals surface area (Å²) in [5, 5.41) is 0. The van der Waals surface area contributed by atoms with Crippen molar-refractivity contribution in [3.05, 3.63) is 0 Å². The lowest BCUT2D eigenvalue weighted by Crippen LogP contribution is -2.16. The average Bonchev–Trinajstić information content (AvgIpc) is 3.06. The Morgan fingerprint density at radius 1 is 0.348 bits per heavy atom. The Morgan fingerprint density at radius 2 is 0.587 bits per heavy atom. The smallest absolute Gasteiger partial charge is 0.331 e. The molecule has 274 valence electrons. The van der Waals surface area contributed by atoms with Gasteiger partial charge in [0.15, 0.2) is 0 Å². The fraction of sp³-hybridized carbons (Fsp3) is 0.933. The van der Waals surface area contributed by atoms with Gasteiger partial charge in [-0.05, 0) is 6.92 Å². The maximum Gasteiger partial charge on any atom is 0.331 e. The summed E-state index contributed by atoms with van der Waals surface area (Å²) in [5.41, 5.74) is 0. The lowest BCUT2D eigenvalue weighted by molar-refractivity contribution is -0.146. The first kappa shape index (κ1) is 44.5. The highest BCUT2D eigenvalue weighted by Crippen LogP contribution is 1.90. The highest BCUT2D eigenvalue weighted by molar-refractivity contribution is 5.70. The molecule has 0 aliphatic heterocycles. The van der Waals surface area contributed by atoms with Gasteiger partial charge < -0.3 is 66.3 Å². The van der Waals surface area contributed by atoms with E-state index >= 15 is 0 Å². The number of esters is 2. The molecule has 0 bridgehead atoms. The molecule has 0 heterocycles. The molecule has 0 aromatic heterocycles. The van der Waals surface area contributed by atoms with Gasteiger partial charge in [0.05, 0.1) is 172 Å². The Kier molecular flexibility index (Phi) is 38.3. The topological polar surface area (TPSA) is 163 Å². The van der Waals surface area contributed by atoms with Crippen molar-refractivity contribution < 1.29 is 75.9 Å². The van der Waals surface area contributed by atoms with Crippen LogP contribution < -0.4 is 0 Å². The standard InChI is InChI=1S/C30H58O16/c1-3-46-29(31)4-5-34-6-7-35-8-9-36-10-11-37-12-13-38-14-15-39-16-17-40-18-19-41-20-21-42-22-23-43-24-25-44-26-27-45-28-30(32)33-2/h3-28H2,1-2H3. The molecule has 0 fully saturated rings. The summed E-state index contributed by atoms with van der Waals surface area (Å²) in [5.74, 6) is -0.666. The van der Waals surface area contributed by atoms with Gasteiger partial charge in [0.2, 0.25) is 0 Å². The van der Waals surface area contributed by atoms with E-state index in [1.807, 2.05) is 0 Å². The van der Waals surface area contributed by atoms with Crippen molar-refractivity contribution >= 4 is 11.9 Å². The van der Waals surface area contributed by atoms with Gasteiger partial charge in [-0.25, -0.2) is 4.79 Å². The second-order valence-electron chi connectivity index (χ2n) is 8.92. The normalized spacial score (nSPS) is 11.3. The molecular weight excluding hydrogens is 616 g/mol. The Labute approximate surface area is 273 Å². The second-order valence-corrected chi connectivity index (χ2v) is 8.92. The predicted octanol–water partition coefficient (Wildman–Crippen LogP) is 0.312. The molecule has 0 radical (unpaired) electrons. The van der Waals surface area contributed by atoms with E-state index < -0.39 is 5.97 Å². The number of methoxy groups -OCH3 is 1. The monoisotopic (exact) mass is 674 g/mol. The highest BCUT2D eigenvalue weighted by atomic mass is 16.6. The summed E-state index contributed by atoms with van der Waals surface area (Å²) < 4.78 is 73.8. The van der Waals surface area contributed by atoms with Crippen LogP contribution in [0.4, 0.5) is 0 Å². The molecule has 0 aromatic carbocycles. The van der Waals surface area contributed by atoms with Crippen molar-refractivity contribution in [3.8, 4) is 0 Å². The van der Waals surface area contributed by atoms with Crippen LogP contribution in [0.5, 0.6) is 0 Å². The van der Waals surface area contributed by atoms with Crippen molar-refractivity contribution in [2.24, 2.45) is 0 Å². The molecule has 0 aliphatic carbocycles. The predicted molar refractivity (Wildman–Crippen MR) is 163 cm³/mol. The number of carbonyl (C=O) groups excluding carboxylic acids is 2. The highest BCUT2D eigenvalue weighted by Gasteiger charge is 2.01. The van der Waals surface area contributed by atoms with E-state index in [1.165, 1.54) is 7.11 Å². The van der Waals surface area contributed by atoms with E-state index in [4.69, 9.17) is 61.6 Å². The van der Waals surface area contributed by atoms with Gasteiger partial charge >= 0.3 is 11.9 Å². The van der Waals surface area contributed by atoms with Gasteiger partial charge in [-0.1, -0.05) is 0 Å². The summed E-state index contributed by atoms with van der Waals surface area (Å²) >= 11 is 0. The average molecular weight is 675 g/mol. The van der Waals surface area contributed by atoms with Crippen LogP contribution in [0.15, 0.2) is 0 Å². The molecule has 16 nitrogen and oxygen atoms in total. The van der Waals surface area contributed by atoms with E-state index in [0.29, 0.717) is 159 Å². The van der Waals surface area contributed by atoms with Crippen LogP contribution in [-0.2, 0) is 75.9 Å². The molecule has 0 unspecified atom stereocenters. The van der Waals surface area contributed by atoms with Crippen LogP contribution in [-0.4, -0.2) is 184 Å². The lowest BCUT2D eigenvalue weighted by atomic mass is 10.5. The Hall–Kier alpha value is -1.54. The zero-order valence-corrected chi connectivity index (χ0v) is 27.9. The first-order chi connectivity index (χ1) is 22.7. The van der Waals surface area contributed by atoms with Crippen molar-refractivity contribution in [2.45, 2.75) is 13.3 Å². The number of hydrogen-bond acceptors (Lipinski definition) is 16. The van der Waals surface area contributed by atoms with Crippen LogP contribution in [0.25, 0.3) is 0 Å². The summed E-state index contributed by atoms with van der Waals surface area (Å²) in [7, 11) is 1.31. The molecule has 0 spiro atoms. The molecule has 0 saturated heterocycles. The van der Waals surface area contributed by atoms with Crippen LogP contribution >= 0.6 is 0 Å². The third-order valence-electron chi connectivity index (χ3n) is 5.30. The Bertz CT molecular complexity index is 628. The van der Waals surface area contributed by atoms with Crippen molar-refractivity contribution in [3.63, 3.8) is 0 Å². The quantitative estimate of drug-likeness (QED) is 0.0646. The molecule has 0 aliphatic rings. The summed E-state index contributed by atoms with van der Waals surface area (Å²) in [6, 6.07) is 0. The third-order valence-corrected chi connectivity index (χ3v) is 5.30. The molecular formula is C30H58O16. The number of hydrogen-bond donors (Lipinski definition) is 0. The van der Waals surface area contributed by atoms with Crippen LogP contribution in [0.3, 0.4) is 0 Å². The largest absolute Gasteiger partial charge is 0.467 e. The van der Waals surface area contributed by atoms with E-state index in [2.05, 4.69) is 4.74 Å². The van der Waals surface area contributed by atoms with Gasteiger partial charge in [0.1, 0.15) is 6.61 Å². The zero-order valence-electron chi connectivity index (χ0n) is 27.9. The van der Waals surface area contributed by atoms with Crippen LogP contribution in [0.1, 0.15) is 13.3 Å². The Morgan fingerprint density at radius 3 is 0.826 bits per heavy atom.